The fourth-order valence-corrected chi connectivity index (χ4v) is 3.06. The smallest absolute Gasteiger partial charge is 0.256 e. The van der Waals surface area contributed by atoms with Crippen LogP contribution in [0.3, 0.4) is 0 Å². The van der Waals surface area contributed by atoms with Crippen molar-refractivity contribution in [1.29, 1.82) is 0 Å². The van der Waals surface area contributed by atoms with Gasteiger partial charge in [-0.1, -0.05) is 42.5 Å². The molecule has 0 saturated heterocycles. The molecule has 0 radical (unpaired) electrons. The van der Waals surface area contributed by atoms with Gasteiger partial charge in [0.25, 0.3) is 5.91 Å². The summed E-state index contributed by atoms with van der Waals surface area (Å²) in [4.78, 5) is 25.6. The average Bonchev–Trinajstić information content (AvgIpc) is 2.60. The molecule has 24 heavy (non-hydrogen) atoms. The normalized spacial score (nSPS) is 14.7. The molecule has 1 atom stereocenters. The van der Waals surface area contributed by atoms with Crippen LogP contribution in [0.4, 0.5) is 5.69 Å². The Balaban J connectivity index is 1.78. The monoisotopic (exact) mass is 324 g/mol. The fraction of sp³-hybridized carbons (Fsp3) is 0.263. The van der Waals surface area contributed by atoms with Crippen LogP contribution in [-0.4, -0.2) is 28.4 Å². The van der Waals surface area contributed by atoms with Gasteiger partial charge in [0.15, 0.2) is 6.10 Å². The van der Waals surface area contributed by atoms with Gasteiger partial charge < -0.3 is 15.3 Å². The minimum Gasteiger partial charge on any atom is -0.378 e. The lowest BCUT2D eigenvalue weighted by Crippen LogP contribution is -2.39. The molecule has 0 bridgehead atoms. The molecule has 1 aliphatic rings. The molecule has 0 unspecified atom stereocenters. The number of rotatable bonds is 3. The molecule has 2 aromatic carbocycles. The lowest BCUT2D eigenvalue weighted by molar-refractivity contribution is -0.141. The number of hydrogen-bond donors (Lipinski definition) is 2. The SMILES string of the molecule is CC(=O)Nc1cccc2c1CCN(C(=O)[C@H](O)c1ccccc1)C2. The molecule has 0 saturated carbocycles. The Labute approximate surface area is 140 Å². The molecule has 2 N–H and O–H groups in total. The third-order valence-electron chi connectivity index (χ3n) is 4.24. The van der Waals surface area contributed by atoms with Crippen molar-refractivity contribution in [3.63, 3.8) is 0 Å². The number of amides is 2. The van der Waals surface area contributed by atoms with Gasteiger partial charge >= 0.3 is 0 Å². The molecule has 5 nitrogen and oxygen atoms in total. The zero-order chi connectivity index (χ0) is 17.1. The van der Waals surface area contributed by atoms with Crippen LogP contribution in [0.1, 0.15) is 29.7 Å². The highest BCUT2D eigenvalue weighted by atomic mass is 16.3. The first-order chi connectivity index (χ1) is 11.6. The van der Waals surface area contributed by atoms with Crippen LogP contribution in [0.15, 0.2) is 48.5 Å². The minimum atomic E-state index is -1.15. The molecule has 5 heteroatoms. The van der Waals surface area contributed by atoms with Gasteiger partial charge in [-0.3, -0.25) is 9.59 Å². The topological polar surface area (TPSA) is 69.6 Å². The Morgan fingerprint density at radius 2 is 1.88 bits per heavy atom. The molecule has 2 amide bonds. The minimum absolute atomic E-state index is 0.110. The predicted molar refractivity (Wildman–Crippen MR) is 91.3 cm³/mol. The third kappa shape index (κ3) is 3.31. The molecule has 0 fully saturated rings. The van der Waals surface area contributed by atoms with Gasteiger partial charge in [-0.2, -0.15) is 0 Å². The van der Waals surface area contributed by atoms with E-state index in [0.717, 1.165) is 16.8 Å². The molecular weight excluding hydrogens is 304 g/mol. The first-order valence-corrected chi connectivity index (χ1v) is 7.96. The maximum Gasteiger partial charge on any atom is 0.256 e. The summed E-state index contributed by atoms with van der Waals surface area (Å²) < 4.78 is 0. The second-order valence-corrected chi connectivity index (χ2v) is 5.95. The van der Waals surface area contributed by atoms with Gasteiger partial charge in [0.05, 0.1) is 0 Å². The van der Waals surface area contributed by atoms with Gasteiger partial charge in [-0.05, 0) is 29.2 Å². The number of hydrogen-bond acceptors (Lipinski definition) is 3. The van der Waals surface area contributed by atoms with E-state index in [-0.39, 0.29) is 11.8 Å². The van der Waals surface area contributed by atoms with Gasteiger partial charge in [-0.25, -0.2) is 0 Å². The highest BCUT2D eigenvalue weighted by molar-refractivity contribution is 5.90. The van der Waals surface area contributed by atoms with Gasteiger partial charge in [0, 0.05) is 25.7 Å². The maximum atomic E-state index is 12.6. The number of anilines is 1. The van der Waals surface area contributed by atoms with Gasteiger partial charge in [0.2, 0.25) is 5.91 Å². The highest BCUT2D eigenvalue weighted by Crippen LogP contribution is 2.28. The number of nitrogens with zero attached hydrogens (tertiary/aromatic N) is 1. The van der Waals surface area contributed by atoms with Crippen LogP contribution in [0, 0.1) is 0 Å². The standard InChI is InChI=1S/C19H20N2O3/c1-13(22)20-17-9-5-8-15-12-21(11-10-16(15)17)19(24)18(23)14-6-3-2-4-7-14/h2-9,18,23H,10-12H2,1H3,(H,20,22)/t18-/m1/s1. The summed E-state index contributed by atoms with van der Waals surface area (Å²) in [6.45, 7) is 2.44. The Hall–Kier alpha value is -2.66. The Morgan fingerprint density at radius 1 is 1.12 bits per heavy atom. The van der Waals surface area contributed by atoms with Gasteiger partial charge in [0.1, 0.15) is 0 Å². The molecule has 2 aromatic rings. The van der Waals surface area contributed by atoms with E-state index < -0.39 is 6.10 Å². The zero-order valence-corrected chi connectivity index (χ0v) is 13.5. The molecule has 0 aliphatic carbocycles. The summed E-state index contributed by atoms with van der Waals surface area (Å²) in [5.74, 6) is -0.404. The van der Waals surface area contributed by atoms with Crippen molar-refractivity contribution in [3.8, 4) is 0 Å². The van der Waals surface area contributed by atoms with Crippen LogP contribution in [-0.2, 0) is 22.6 Å². The summed E-state index contributed by atoms with van der Waals surface area (Å²) >= 11 is 0. The summed E-state index contributed by atoms with van der Waals surface area (Å²) in [6, 6.07) is 14.6. The average molecular weight is 324 g/mol. The second kappa shape index (κ2) is 6.84. The number of carbonyl (C=O) groups excluding carboxylic acids is 2. The summed E-state index contributed by atoms with van der Waals surface area (Å²) in [6.07, 6.45) is -0.495. The van der Waals surface area contributed by atoms with Crippen molar-refractivity contribution < 1.29 is 14.7 Å². The number of aliphatic hydroxyl groups excluding tert-OH is 1. The Morgan fingerprint density at radius 3 is 2.58 bits per heavy atom. The van der Waals surface area contributed by atoms with Crippen LogP contribution in [0.5, 0.6) is 0 Å². The van der Waals surface area contributed by atoms with Crippen molar-refractivity contribution in [1.82, 2.24) is 4.90 Å². The quantitative estimate of drug-likeness (QED) is 0.910. The van der Waals surface area contributed by atoms with E-state index in [0.29, 0.717) is 25.1 Å². The van der Waals surface area contributed by atoms with Crippen molar-refractivity contribution in [2.75, 3.05) is 11.9 Å². The van der Waals surface area contributed by atoms with E-state index in [9.17, 15) is 14.7 Å². The third-order valence-corrected chi connectivity index (χ3v) is 4.24. The van der Waals surface area contributed by atoms with Crippen molar-refractivity contribution in [2.24, 2.45) is 0 Å². The second-order valence-electron chi connectivity index (χ2n) is 5.95. The first kappa shape index (κ1) is 16.2. The summed E-state index contributed by atoms with van der Waals surface area (Å²) in [7, 11) is 0. The molecule has 0 spiro atoms. The number of nitrogens with one attached hydrogen (secondary N) is 1. The van der Waals surface area contributed by atoms with Crippen molar-refractivity contribution >= 4 is 17.5 Å². The number of fused-ring (bicyclic) bond motifs is 1. The molecule has 0 aromatic heterocycles. The summed E-state index contributed by atoms with van der Waals surface area (Å²) in [5.41, 5.74) is 3.46. The van der Waals surface area contributed by atoms with Crippen molar-refractivity contribution in [2.45, 2.75) is 26.0 Å². The lowest BCUT2D eigenvalue weighted by Gasteiger charge is -2.31. The van der Waals surface area contributed by atoms with E-state index in [2.05, 4.69) is 5.32 Å². The van der Waals surface area contributed by atoms with Crippen LogP contribution in [0.2, 0.25) is 0 Å². The molecule has 124 valence electrons. The Bertz CT molecular complexity index is 758. The van der Waals surface area contributed by atoms with Crippen molar-refractivity contribution in [3.05, 3.63) is 65.2 Å². The molecule has 1 aliphatic heterocycles. The number of aliphatic hydroxyl groups is 1. The maximum absolute atomic E-state index is 12.6. The number of benzene rings is 2. The van der Waals surface area contributed by atoms with E-state index in [1.807, 2.05) is 24.3 Å². The van der Waals surface area contributed by atoms with Gasteiger partial charge in [-0.15, -0.1) is 0 Å². The molecular formula is C19H20N2O3. The first-order valence-electron chi connectivity index (χ1n) is 7.96. The van der Waals surface area contributed by atoms with Crippen LogP contribution in [0.25, 0.3) is 0 Å². The largest absolute Gasteiger partial charge is 0.378 e. The highest BCUT2D eigenvalue weighted by Gasteiger charge is 2.27. The fourth-order valence-electron chi connectivity index (χ4n) is 3.06. The zero-order valence-electron chi connectivity index (χ0n) is 13.5. The van der Waals surface area contributed by atoms with E-state index in [4.69, 9.17) is 0 Å². The molecule has 3 rings (SSSR count). The summed E-state index contributed by atoms with van der Waals surface area (Å²) in [5, 5.41) is 13.1. The van der Waals surface area contributed by atoms with Crippen LogP contribution >= 0.6 is 0 Å². The van der Waals surface area contributed by atoms with Crippen LogP contribution < -0.4 is 5.32 Å². The van der Waals surface area contributed by atoms with E-state index in [1.165, 1.54) is 6.92 Å². The lowest BCUT2D eigenvalue weighted by atomic mass is 9.96. The van der Waals surface area contributed by atoms with E-state index in [1.54, 1.807) is 29.2 Å². The van der Waals surface area contributed by atoms with E-state index >= 15 is 0 Å². The molecule has 1 heterocycles. The Kier molecular flexibility index (Phi) is 4.62. The predicted octanol–water partition coefficient (Wildman–Crippen LogP) is 2.26. The number of carbonyl (C=O) groups is 2.